The van der Waals surface area contributed by atoms with Gasteiger partial charge in [-0.25, -0.2) is 8.42 Å². The second kappa shape index (κ2) is 6.24. The zero-order valence-electron chi connectivity index (χ0n) is 13.4. The lowest BCUT2D eigenvalue weighted by atomic mass is 9.91. The molecule has 0 aromatic carbocycles. The van der Waals surface area contributed by atoms with Crippen LogP contribution in [0.2, 0.25) is 0 Å². The molecule has 7 nitrogen and oxygen atoms in total. The van der Waals surface area contributed by atoms with Gasteiger partial charge < -0.3 is 5.32 Å². The summed E-state index contributed by atoms with van der Waals surface area (Å²) in [5.74, 6) is 0.644. The summed E-state index contributed by atoms with van der Waals surface area (Å²) < 4.78 is 23.2. The van der Waals surface area contributed by atoms with Crippen LogP contribution in [0, 0.1) is 0 Å². The van der Waals surface area contributed by atoms with Crippen molar-refractivity contribution in [3.63, 3.8) is 0 Å². The number of aromatic amines is 1. The maximum atomic E-state index is 12.2. The average Bonchev–Trinajstić information content (AvgIpc) is 3.08. The molecule has 0 aliphatic carbocycles. The molecule has 2 aliphatic rings. The maximum absolute atomic E-state index is 12.2. The number of sulfone groups is 1. The van der Waals surface area contributed by atoms with E-state index in [9.17, 15) is 13.2 Å². The van der Waals surface area contributed by atoms with Crippen LogP contribution in [0.4, 0.5) is 0 Å². The molecule has 1 aromatic rings. The Balaban J connectivity index is 1.46. The quantitative estimate of drug-likeness (QED) is 0.821. The molecule has 128 valence electrons. The molecule has 3 heterocycles. The highest BCUT2D eigenvalue weighted by atomic mass is 32.2. The first-order valence-corrected chi connectivity index (χ1v) is 9.90. The fourth-order valence-electron chi connectivity index (χ4n) is 3.60. The number of piperidine rings is 1. The number of likely N-dealkylation sites (tertiary alicyclic amines) is 1. The van der Waals surface area contributed by atoms with Crippen molar-refractivity contribution in [1.29, 1.82) is 0 Å². The molecule has 0 radical (unpaired) electrons. The third kappa shape index (κ3) is 4.11. The van der Waals surface area contributed by atoms with Crippen LogP contribution < -0.4 is 5.32 Å². The van der Waals surface area contributed by atoms with Gasteiger partial charge in [0.1, 0.15) is 0 Å². The molecule has 2 fully saturated rings. The lowest BCUT2D eigenvalue weighted by molar-refractivity contribution is -0.124. The average molecular weight is 340 g/mol. The number of nitrogens with one attached hydrogen (secondary N) is 2. The molecule has 2 aliphatic heterocycles. The lowest BCUT2D eigenvalue weighted by Gasteiger charge is -2.32. The first-order chi connectivity index (χ1) is 10.9. The van der Waals surface area contributed by atoms with Crippen LogP contribution in [0.25, 0.3) is 0 Å². The standard InChI is InChI=1S/C15H24N4O3S/c1-15(4-7-23(21,22)11-15)18-14(20)10-19-5-2-12(3-6-19)13-8-16-17-9-13/h8-9,12H,2-7,10-11H2,1H3,(H,16,17)(H,18,20)/t15-/m0/s1. The molecular formula is C15H24N4O3S. The lowest BCUT2D eigenvalue weighted by Crippen LogP contribution is -2.51. The van der Waals surface area contributed by atoms with Gasteiger partial charge in [0.2, 0.25) is 5.91 Å². The predicted molar refractivity (Wildman–Crippen MR) is 86.8 cm³/mol. The minimum Gasteiger partial charge on any atom is -0.349 e. The minimum atomic E-state index is -3.00. The van der Waals surface area contributed by atoms with E-state index in [0.717, 1.165) is 25.9 Å². The van der Waals surface area contributed by atoms with Crippen molar-refractivity contribution in [3.05, 3.63) is 18.0 Å². The van der Waals surface area contributed by atoms with Crippen LogP contribution in [0.1, 0.15) is 37.7 Å². The highest BCUT2D eigenvalue weighted by Crippen LogP contribution is 2.27. The van der Waals surface area contributed by atoms with Crippen molar-refractivity contribution in [2.75, 3.05) is 31.1 Å². The highest BCUT2D eigenvalue weighted by molar-refractivity contribution is 7.91. The largest absolute Gasteiger partial charge is 0.349 e. The van der Waals surface area contributed by atoms with E-state index in [-0.39, 0.29) is 17.4 Å². The molecule has 1 amide bonds. The summed E-state index contributed by atoms with van der Waals surface area (Å²) in [6.45, 7) is 3.91. The molecule has 0 saturated carbocycles. The number of carbonyl (C=O) groups excluding carboxylic acids is 1. The van der Waals surface area contributed by atoms with E-state index in [0.29, 0.717) is 18.9 Å². The molecule has 1 atom stereocenters. The number of hydrogen-bond acceptors (Lipinski definition) is 5. The Hall–Kier alpha value is -1.41. The first-order valence-electron chi connectivity index (χ1n) is 8.08. The van der Waals surface area contributed by atoms with Gasteiger partial charge in [0.05, 0.1) is 29.8 Å². The predicted octanol–water partition coefficient (Wildman–Crippen LogP) is 0.283. The van der Waals surface area contributed by atoms with Crippen molar-refractivity contribution in [3.8, 4) is 0 Å². The van der Waals surface area contributed by atoms with Crippen LogP contribution in [-0.4, -0.2) is 66.1 Å². The van der Waals surface area contributed by atoms with Crippen molar-refractivity contribution >= 4 is 15.7 Å². The molecule has 0 bridgehead atoms. The van der Waals surface area contributed by atoms with Crippen LogP contribution >= 0.6 is 0 Å². The first kappa shape index (κ1) is 16.4. The molecular weight excluding hydrogens is 316 g/mol. The zero-order valence-corrected chi connectivity index (χ0v) is 14.2. The van der Waals surface area contributed by atoms with Gasteiger partial charge in [0, 0.05) is 6.20 Å². The van der Waals surface area contributed by atoms with E-state index in [1.54, 1.807) is 0 Å². The van der Waals surface area contributed by atoms with Crippen molar-refractivity contribution in [2.45, 2.75) is 37.6 Å². The zero-order chi connectivity index (χ0) is 16.5. The van der Waals surface area contributed by atoms with Crippen molar-refractivity contribution in [1.82, 2.24) is 20.4 Å². The second-order valence-corrected chi connectivity index (χ2v) is 9.22. The van der Waals surface area contributed by atoms with Gasteiger partial charge in [0.15, 0.2) is 9.84 Å². The van der Waals surface area contributed by atoms with E-state index in [4.69, 9.17) is 0 Å². The molecule has 8 heteroatoms. The Kier molecular flexibility index (Phi) is 4.46. The van der Waals surface area contributed by atoms with Gasteiger partial charge in [-0.2, -0.15) is 5.10 Å². The van der Waals surface area contributed by atoms with Crippen molar-refractivity contribution < 1.29 is 13.2 Å². The Bertz CT molecular complexity index is 650. The normalized spacial score (nSPS) is 28.7. The van der Waals surface area contributed by atoms with Gasteiger partial charge in [-0.1, -0.05) is 0 Å². The third-order valence-electron chi connectivity index (χ3n) is 4.89. The molecule has 2 saturated heterocycles. The van der Waals surface area contributed by atoms with Crippen LogP contribution in [0.3, 0.4) is 0 Å². The summed E-state index contributed by atoms with van der Waals surface area (Å²) in [4.78, 5) is 14.4. The van der Waals surface area contributed by atoms with Crippen LogP contribution in [0.5, 0.6) is 0 Å². The summed E-state index contributed by atoms with van der Waals surface area (Å²) in [6.07, 6.45) is 6.34. The summed E-state index contributed by atoms with van der Waals surface area (Å²) in [5.41, 5.74) is 0.628. The van der Waals surface area contributed by atoms with Gasteiger partial charge in [-0.3, -0.25) is 14.8 Å². The summed E-state index contributed by atoms with van der Waals surface area (Å²) in [5, 5.41) is 9.76. The molecule has 2 N–H and O–H groups in total. The van der Waals surface area contributed by atoms with E-state index in [2.05, 4.69) is 20.4 Å². The van der Waals surface area contributed by atoms with Crippen molar-refractivity contribution in [2.24, 2.45) is 0 Å². The Labute approximate surface area is 136 Å². The van der Waals surface area contributed by atoms with Crippen LogP contribution in [0.15, 0.2) is 12.4 Å². The number of H-pyrrole nitrogens is 1. The number of rotatable bonds is 4. The third-order valence-corrected chi connectivity index (χ3v) is 6.79. The monoisotopic (exact) mass is 340 g/mol. The summed E-state index contributed by atoms with van der Waals surface area (Å²) >= 11 is 0. The molecule has 3 rings (SSSR count). The Morgan fingerprint density at radius 2 is 2.22 bits per heavy atom. The summed E-state index contributed by atoms with van der Waals surface area (Å²) in [7, 11) is -3.00. The summed E-state index contributed by atoms with van der Waals surface area (Å²) in [6, 6.07) is 0. The molecule has 0 spiro atoms. The number of hydrogen-bond donors (Lipinski definition) is 2. The second-order valence-electron chi connectivity index (χ2n) is 7.03. The topological polar surface area (TPSA) is 95.2 Å². The number of aromatic nitrogens is 2. The van der Waals surface area contributed by atoms with Gasteiger partial charge >= 0.3 is 0 Å². The maximum Gasteiger partial charge on any atom is 0.234 e. The smallest absolute Gasteiger partial charge is 0.234 e. The van der Waals surface area contributed by atoms with Gasteiger partial charge in [-0.05, 0) is 50.8 Å². The van der Waals surface area contributed by atoms with Gasteiger partial charge in [-0.15, -0.1) is 0 Å². The SMILES string of the molecule is C[C@]1(NC(=O)CN2CCC(c3cn[nH]c3)CC2)CCS(=O)(=O)C1. The molecule has 1 aromatic heterocycles. The fourth-order valence-corrected chi connectivity index (χ4v) is 5.69. The van der Waals surface area contributed by atoms with Gasteiger partial charge in [0.25, 0.3) is 0 Å². The molecule has 0 unspecified atom stereocenters. The Morgan fingerprint density at radius 1 is 1.48 bits per heavy atom. The number of amides is 1. The Morgan fingerprint density at radius 3 is 2.78 bits per heavy atom. The van der Waals surface area contributed by atoms with E-state index in [1.807, 2.05) is 19.3 Å². The van der Waals surface area contributed by atoms with Crippen LogP contribution in [-0.2, 0) is 14.6 Å². The highest BCUT2D eigenvalue weighted by Gasteiger charge is 2.39. The number of nitrogens with zero attached hydrogens (tertiary/aromatic N) is 2. The van der Waals surface area contributed by atoms with E-state index in [1.165, 1.54) is 5.56 Å². The fraction of sp³-hybridized carbons (Fsp3) is 0.733. The minimum absolute atomic E-state index is 0.0499. The van der Waals surface area contributed by atoms with E-state index < -0.39 is 15.4 Å². The molecule has 23 heavy (non-hydrogen) atoms. The number of carbonyl (C=O) groups is 1. The van der Waals surface area contributed by atoms with E-state index >= 15 is 0 Å².